The molecule has 10 nitrogen and oxygen atoms in total. The summed E-state index contributed by atoms with van der Waals surface area (Å²) in [5.41, 5.74) is 0. The molecule has 0 radical (unpaired) electrons. The fourth-order valence-electron chi connectivity index (χ4n) is 2.98. The molecule has 1 saturated heterocycles. The third-order valence-corrected chi connectivity index (χ3v) is 4.42. The highest BCUT2D eigenvalue weighted by Crippen LogP contribution is 2.27. The minimum absolute atomic E-state index is 0.227. The number of hydrogen-bond acceptors (Lipinski definition) is 10. The summed E-state index contributed by atoms with van der Waals surface area (Å²) in [7, 11) is 0. The molecule has 27 heavy (non-hydrogen) atoms. The molecule has 0 aromatic heterocycles. The van der Waals surface area contributed by atoms with Crippen molar-refractivity contribution in [1.29, 1.82) is 0 Å². The molecule has 9 atom stereocenters. The van der Waals surface area contributed by atoms with E-state index in [0.29, 0.717) is 6.42 Å². The number of aliphatic hydroxyl groups excluding tert-OH is 7. The van der Waals surface area contributed by atoms with Crippen LogP contribution in [0.3, 0.4) is 0 Å². The van der Waals surface area contributed by atoms with Gasteiger partial charge in [-0.05, 0) is 20.3 Å². The zero-order valence-electron chi connectivity index (χ0n) is 16.0. The van der Waals surface area contributed by atoms with E-state index >= 15 is 0 Å². The Kier molecular flexibility index (Phi) is 10.6. The SMILES string of the molecule is CCCC(O)[C@@H](O)[C@H](O[C@@H]1OC(CO)[C@H](O)[C@H](OC(C)C)C1O)C(O)CO. The maximum Gasteiger partial charge on any atom is 0.187 e. The Balaban J connectivity index is 3.00. The summed E-state index contributed by atoms with van der Waals surface area (Å²) in [5, 5.41) is 69.7. The molecule has 0 spiro atoms. The average molecular weight is 398 g/mol. The zero-order valence-corrected chi connectivity index (χ0v) is 16.0. The Labute approximate surface area is 158 Å². The van der Waals surface area contributed by atoms with E-state index in [1.54, 1.807) is 20.8 Å². The smallest absolute Gasteiger partial charge is 0.187 e. The highest BCUT2D eigenvalue weighted by atomic mass is 16.7. The van der Waals surface area contributed by atoms with Crippen molar-refractivity contribution in [3.05, 3.63) is 0 Å². The van der Waals surface area contributed by atoms with Gasteiger partial charge in [0.1, 0.15) is 42.7 Å². The van der Waals surface area contributed by atoms with Gasteiger partial charge in [0.05, 0.1) is 25.4 Å². The Morgan fingerprint density at radius 1 is 0.963 bits per heavy atom. The summed E-state index contributed by atoms with van der Waals surface area (Å²) in [6.45, 7) is 3.84. The highest BCUT2D eigenvalue weighted by molar-refractivity contribution is 4.92. The van der Waals surface area contributed by atoms with E-state index in [4.69, 9.17) is 14.2 Å². The van der Waals surface area contributed by atoms with Crippen LogP contribution in [-0.4, -0.2) is 110 Å². The first kappa shape index (κ1) is 24.6. The molecule has 0 amide bonds. The van der Waals surface area contributed by atoms with Crippen LogP contribution in [0.5, 0.6) is 0 Å². The monoisotopic (exact) mass is 398 g/mol. The fourth-order valence-corrected chi connectivity index (χ4v) is 2.98. The van der Waals surface area contributed by atoms with Gasteiger partial charge in [-0.2, -0.15) is 0 Å². The van der Waals surface area contributed by atoms with Gasteiger partial charge in [0.15, 0.2) is 6.29 Å². The molecular formula is C17H34O10. The van der Waals surface area contributed by atoms with Crippen LogP contribution in [0, 0.1) is 0 Å². The van der Waals surface area contributed by atoms with Gasteiger partial charge >= 0.3 is 0 Å². The molecule has 10 heteroatoms. The van der Waals surface area contributed by atoms with Crippen molar-refractivity contribution in [3.8, 4) is 0 Å². The lowest BCUT2D eigenvalue weighted by atomic mass is 9.97. The van der Waals surface area contributed by atoms with E-state index in [2.05, 4.69) is 0 Å². The summed E-state index contributed by atoms with van der Waals surface area (Å²) >= 11 is 0. The maximum atomic E-state index is 10.5. The first-order chi connectivity index (χ1) is 12.7. The van der Waals surface area contributed by atoms with Crippen molar-refractivity contribution in [2.75, 3.05) is 13.2 Å². The average Bonchev–Trinajstić information content (AvgIpc) is 2.63. The van der Waals surface area contributed by atoms with Crippen LogP contribution < -0.4 is 0 Å². The van der Waals surface area contributed by atoms with E-state index < -0.39 is 68.3 Å². The van der Waals surface area contributed by atoms with Gasteiger partial charge in [0.2, 0.25) is 0 Å². The third-order valence-electron chi connectivity index (χ3n) is 4.42. The second-order valence-electron chi connectivity index (χ2n) is 7.05. The van der Waals surface area contributed by atoms with Crippen molar-refractivity contribution in [1.82, 2.24) is 0 Å². The molecule has 0 aromatic rings. The minimum atomic E-state index is -1.56. The summed E-state index contributed by atoms with van der Waals surface area (Å²) in [4.78, 5) is 0. The van der Waals surface area contributed by atoms with E-state index in [9.17, 15) is 35.7 Å². The van der Waals surface area contributed by atoms with Gasteiger partial charge in [0, 0.05) is 0 Å². The van der Waals surface area contributed by atoms with Crippen LogP contribution >= 0.6 is 0 Å². The van der Waals surface area contributed by atoms with Crippen LogP contribution in [0.1, 0.15) is 33.6 Å². The van der Waals surface area contributed by atoms with Crippen LogP contribution in [-0.2, 0) is 14.2 Å². The summed E-state index contributed by atoms with van der Waals surface area (Å²) in [6.07, 6.45) is -12.0. The summed E-state index contributed by atoms with van der Waals surface area (Å²) in [6, 6.07) is 0. The zero-order chi connectivity index (χ0) is 20.7. The Morgan fingerprint density at radius 3 is 2.07 bits per heavy atom. The Hall–Kier alpha value is -0.400. The summed E-state index contributed by atoms with van der Waals surface area (Å²) < 4.78 is 16.3. The van der Waals surface area contributed by atoms with Gasteiger partial charge in [-0.15, -0.1) is 0 Å². The lowest BCUT2D eigenvalue weighted by Crippen LogP contribution is -2.62. The number of rotatable bonds is 11. The van der Waals surface area contributed by atoms with Gasteiger partial charge in [-0.1, -0.05) is 13.3 Å². The molecule has 0 aliphatic carbocycles. The second kappa shape index (κ2) is 11.6. The van der Waals surface area contributed by atoms with Crippen molar-refractivity contribution >= 4 is 0 Å². The van der Waals surface area contributed by atoms with E-state index in [-0.39, 0.29) is 12.5 Å². The summed E-state index contributed by atoms with van der Waals surface area (Å²) in [5.74, 6) is 0. The van der Waals surface area contributed by atoms with Crippen molar-refractivity contribution in [2.45, 2.75) is 94.8 Å². The van der Waals surface area contributed by atoms with Gasteiger partial charge in [0.25, 0.3) is 0 Å². The normalized spacial score (nSPS) is 33.7. The van der Waals surface area contributed by atoms with Crippen LogP contribution in [0.2, 0.25) is 0 Å². The van der Waals surface area contributed by atoms with E-state index in [1.165, 1.54) is 0 Å². The molecule has 7 N–H and O–H groups in total. The van der Waals surface area contributed by atoms with Crippen molar-refractivity contribution < 1.29 is 50.0 Å². The lowest BCUT2D eigenvalue weighted by molar-refractivity contribution is -0.334. The van der Waals surface area contributed by atoms with Gasteiger partial charge < -0.3 is 50.0 Å². The first-order valence-corrected chi connectivity index (χ1v) is 9.26. The highest BCUT2D eigenvalue weighted by Gasteiger charge is 2.48. The van der Waals surface area contributed by atoms with Crippen molar-refractivity contribution in [2.24, 2.45) is 0 Å². The van der Waals surface area contributed by atoms with Crippen LogP contribution in [0.4, 0.5) is 0 Å². The molecule has 0 bridgehead atoms. The molecule has 1 aliphatic heterocycles. The van der Waals surface area contributed by atoms with Gasteiger partial charge in [-0.25, -0.2) is 0 Å². The molecule has 162 valence electrons. The number of aliphatic hydroxyl groups is 7. The third kappa shape index (κ3) is 6.57. The largest absolute Gasteiger partial charge is 0.394 e. The molecule has 4 unspecified atom stereocenters. The maximum absolute atomic E-state index is 10.5. The second-order valence-corrected chi connectivity index (χ2v) is 7.05. The van der Waals surface area contributed by atoms with Crippen LogP contribution in [0.25, 0.3) is 0 Å². The van der Waals surface area contributed by atoms with Crippen LogP contribution in [0.15, 0.2) is 0 Å². The van der Waals surface area contributed by atoms with Gasteiger partial charge in [-0.3, -0.25) is 0 Å². The number of hydrogen-bond donors (Lipinski definition) is 7. The topological polar surface area (TPSA) is 169 Å². The molecule has 1 heterocycles. The quantitative estimate of drug-likeness (QED) is 0.197. The first-order valence-electron chi connectivity index (χ1n) is 9.26. The van der Waals surface area contributed by atoms with E-state index in [0.717, 1.165) is 0 Å². The predicted octanol–water partition coefficient (Wildman–Crippen LogP) is -2.52. The molecular weight excluding hydrogens is 364 g/mol. The lowest BCUT2D eigenvalue weighted by Gasteiger charge is -2.44. The Bertz CT molecular complexity index is 409. The molecule has 1 fully saturated rings. The van der Waals surface area contributed by atoms with E-state index in [1.807, 2.05) is 0 Å². The molecule has 1 aliphatic rings. The number of ether oxygens (including phenoxy) is 3. The Morgan fingerprint density at radius 2 is 1.59 bits per heavy atom. The van der Waals surface area contributed by atoms with Crippen molar-refractivity contribution in [3.63, 3.8) is 0 Å². The molecule has 0 aromatic carbocycles. The standard InChI is InChI=1S/C17H34O10/c1-4-5-9(20)12(22)15(10(21)6-18)27-17-14(24)16(25-8(2)3)13(23)11(7-19)26-17/h8-24H,4-7H2,1-3H3/t9?,10?,11?,12-,13+,14?,15-,16+,17+/m1/s1. The molecule has 1 rings (SSSR count). The minimum Gasteiger partial charge on any atom is -0.394 e. The molecule has 0 saturated carbocycles. The fraction of sp³-hybridized carbons (Fsp3) is 1.00. The predicted molar refractivity (Wildman–Crippen MR) is 92.7 cm³/mol.